The molecule has 0 unspecified atom stereocenters. The van der Waals surface area contributed by atoms with Crippen molar-refractivity contribution in [2.24, 2.45) is 0 Å². The fraction of sp³-hybridized carbons (Fsp3) is 0.739. The number of benzene rings is 1. The number of rotatable bonds is 10. The maximum atomic E-state index is 13.3. The average Bonchev–Trinajstić information content (AvgIpc) is 2.66. The first-order valence-electron chi connectivity index (χ1n) is 11.1. The van der Waals surface area contributed by atoms with Crippen molar-refractivity contribution >= 4 is 0 Å². The molecule has 1 saturated heterocycles. The van der Waals surface area contributed by atoms with Crippen LogP contribution in [-0.4, -0.2) is 44.9 Å². The Morgan fingerprint density at radius 3 is 2.48 bits per heavy atom. The van der Waals surface area contributed by atoms with Crippen molar-refractivity contribution in [2.45, 2.75) is 70.6 Å². The molecule has 1 atom stereocenters. The van der Waals surface area contributed by atoms with Crippen LogP contribution in [0, 0.1) is 0 Å². The summed E-state index contributed by atoms with van der Waals surface area (Å²) in [5.74, 6) is 0. The molecular formula is C23H39F3N2O+2. The summed E-state index contributed by atoms with van der Waals surface area (Å²) < 4.78 is 45.8. The minimum atomic E-state index is -4.31. The Morgan fingerprint density at radius 1 is 1.14 bits per heavy atom. The van der Waals surface area contributed by atoms with E-state index in [1.165, 1.54) is 25.1 Å². The monoisotopic (exact) mass is 416 g/mol. The highest BCUT2D eigenvalue weighted by Crippen LogP contribution is 2.44. The lowest BCUT2D eigenvalue weighted by molar-refractivity contribution is -0.898. The second-order valence-electron chi connectivity index (χ2n) is 9.07. The van der Waals surface area contributed by atoms with E-state index < -0.39 is 11.7 Å². The molecule has 0 radical (unpaired) electrons. The van der Waals surface area contributed by atoms with Crippen molar-refractivity contribution in [3.8, 4) is 0 Å². The summed E-state index contributed by atoms with van der Waals surface area (Å²) in [5.41, 5.74) is -0.322. The quantitative estimate of drug-likeness (QED) is 0.565. The molecule has 2 rings (SSSR count). The Kier molecular flexibility index (Phi) is 8.56. The van der Waals surface area contributed by atoms with Crippen LogP contribution in [0.15, 0.2) is 24.3 Å². The molecule has 0 bridgehead atoms. The minimum absolute atomic E-state index is 0.260. The lowest BCUT2D eigenvalue weighted by Crippen LogP contribution is -3.11. The van der Waals surface area contributed by atoms with Gasteiger partial charge in [0.2, 0.25) is 0 Å². The van der Waals surface area contributed by atoms with Crippen LogP contribution in [0.2, 0.25) is 0 Å². The van der Waals surface area contributed by atoms with E-state index in [0.717, 1.165) is 51.0 Å². The molecule has 3 nitrogen and oxygen atoms in total. The first kappa shape index (κ1) is 24.2. The van der Waals surface area contributed by atoms with Crippen molar-refractivity contribution in [1.82, 2.24) is 0 Å². The van der Waals surface area contributed by atoms with Gasteiger partial charge in [0.1, 0.15) is 0 Å². The normalized spacial score (nSPS) is 22.2. The topological polar surface area (TPSA) is 30.3 Å². The summed E-state index contributed by atoms with van der Waals surface area (Å²) in [6.07, 6.45) is -0.744. The number of hydrogen-bond donors (Lipinski definition) is 2. The van der Waals surface area contributed by atoms with Gasteiger partial charge in [-0.05, 0) is 52.2 Å². The number of alkyl halides is 3. The number of halogens is 3. The Morgan fingerprint density at radius 2 is 1.86 bits per heavy atom. The average molecular weight is 417 g/mol. The van der Waals surface area contributed by atoms with Gasteiger partial charge in [0, 0.05) is 24.9 Å². The van der Waals surface area contributed by atoms with Gasteiger partial charge < -0.3 is 15.0 Å². The Bertz CT molecular complexity index is 629. The van der Waals surface area contributed by atoms with Gasteiger partial charge in [-0.3, -0.25) is 0 Å². The number of hydrogen-bond acceptors (Lipinski definition) is 1. The highest BCUT2D eigenvalue weighted by Gasteiger charge is 2.43. The predicted octanol–water partition coefficient (Wildman–Crippen LogP) is 2.80. The van der Waals surface area contributed by atoms with Gasteiger partial charge >= 0.3 is 6.18 Å². The van der Waals surface area contributed by atoms with Crippen LogP contribution >= 0.6 is 0 Å². The van der Waals surface area contributed by atoms with Crippen molar-refractivity contribution in [3.63, 3.8) is 0 Å². The molecule has 1 aliphatic heterocycles. The maximum absolute atomic E-state index is 13.3. The largest absolute Gasteiger partial charge is 0.416 e. The lowest BCUT2D eigenvalue weighted by atomic mass is 9.67. The van der Waals surface area contributed by atoms with Crippen molar-refractivity contribution in [3.05, 3.63) is 35.4 Å². The van der Waals surface area contributed by atoms with Crippen LogP contribution in [0.4, 0.5) is 13.2 Å². The second kappa shape index (κ2) is 10.3. The number of ether oxygens (including phenoxy) is 1. The first-order valence-corrected chi connectivity index (χ1v) is 11.1. The van der Waals surface area contributed by atoms with Gasteiger partial charge in [0.05, 0.1) is 43.9 Å². The SMILES string of the molecule is CC[NH+](CC)CCC[NH2+]CC[C@]1(c2cccc(C(F)(F)F)c2)CCOC(C)(C)C1. The smallest absolute Gasteiger partial charge is 0.376 e. The molecule has 0 aromatic heterocycles. The number of nitrogens with one attached hydrogen (secondary N) is 1. The first-order chi connectivity index (χ1) is 13.6. The maximum Gasteiger partial charge on any atom is 0.416 e. The number of quaternary nitrogens is 2. The highest BCUT2D eigenvalue weighted by atomic mass is 19.4. The van der Waals surface area contributed by atoms with E-state index in [9.17, 15) is 13.2 Å². The van der Waals surface area contributed by atoms with Crippen LogP contribution in [-0.2, 0) is 16.3 Å². The lowest BCUT2D eigenvalue weighted by Gasteiger charge is -2.45. The third-order valence-electron chi connectivity index (χ3n) is 6.41. The summed E-state index contributed by atoms with van der Waals surface area (Å²) in [6, 6.07) is 5.97. The van der Waals surface area contributed by atoms with Gasteiger partial charge in [-0.15, -0.1) is 0 Å². The zero-order chi connectivity index (χ0) is 21.5. The van der Waals surface area contributed by atoms with Crippen LogP contribution in [0.3, 0.4) is 0 Å². The zero-order valence-electron chi connectivity index (χ0n) is 18.5. The molecule has 1 heterocycles. The summed E-state index contributed by atoms with van der Waals surface area (Å²) in [4.78, 5) is 1.62. The Labute approximate surface area is 174 Å². The molecule has 1 aromatic carbocycles. The number of nitrogens with two attached hydrogens (primary N) is 1. The van der Waals surface area contributed by atoms with E-state index in [1.54, 1.807) is 11.0 Å². The van der Waals surface area contributed by atoms with Crippen LogP contribution in [0.5, 0.6) is 0 Å². The molecule has 166 valence electrons. The predicted molar refractivity (Wildman–Crippen MR) is 110 cm³/mol. The molecule has 3 N–H and O–H groups in total. The summed E-state index contributed by atoms with van der Waals surface area (Å²) in [6.45, 7) is 14.6. The van der Waals surface area contributed by atoms with Gasteiger partial charge in [-0.2, -0.15) is 13.2 Å². The van der Waals surface area contributed by atoms with E-state index in [1.807, 2.05) is 19.9 Å². The van der Waals surface area contributed by atoms with E-state index in [4.69, 9.17) is 4.74 Å². The fourth-order valence-electron chi connectivity index (χ4n) is 4.73. The molecule has 0 amide bonds. The fourth-order valence-corrected chi connectivity index (χ4v) is 4.73. The third kappa shape index (κ3) is 6.97. The molecule has 1 aliphatic rings. The molecule has 1 aromatic rings. The zero-order valence-corrected chi connectivity index (χ0v) is 18.5. The highest BCUT2D eigenvalue weighted by molar-refractivity contribution is 5.33. The molecule has 6 heteroatoms. The Hall–Kier alpha value is -1.11. The van der Waals surface area contributed by atoms with Crippen LogP contribution in [0.1, 0.15) is 64.5 Å². The van der Waals surface area contributed by atoms with Gasteiger partial charge in [0.25, 0.3) is 0 Å². The van der Waals surface area contributed by atoms with Crippen LogP contribution in [0.25, 0.3) is 0 Å². The summed E-state index contributed by atoms with van der Waals surface area (Å²) in [5, 5.41) is 2.33. The van der Waals surface area contributed by atoms with Gasteiger partial charge in [0.15, 0.2) is 0 Å². The summed E-state index contributed by atoms with van der Waals surface area (Å²) in [7, 11) is 0. The molecular weight excluding hydrogens is 377 g/mol. The van der Waals surface area contributed by atoms with E-state index in [0.29, 0.717) is 6.61 Å². The third-order valence-corrected chi connectivity index (χ3v) is 6.41. The molecule has 29 heavy (non-hydrogen) atoms. The summed E-state index contributed by atoms with van der Waals surface area (Å²) >= 11 is 0. The standard InChI is InChI=1S/C23H37F3N2O/c1-5-28(6-2)15-8-13-27-14-11-22(12-16-29-21(3,4)18-22)19-9-7-10-20(17-19)23(24,25)26/h7,9-10,17,27H,5-6,8,11-16,18H2,1-4H3/p+2/t22-/m0/s1. The van der Waals surface area contributed by atoms with E-state index in [-0.39, 0.29) is 11.0 Å². The Balaban J connectivity index is 2.06. The van der Waals surface area contributed by atoms with Crippen molar-refractivity contribution in [1.29, 1.82) is 0 Å². The van der Waals surface area contributed by atoms with E-state index in [2.05, 4.69) is 19.2 Å². The molecule has 1 fully saturated rings. The molecule has 0 spiro atoms. The minimum Gasteiger partial charge on any atom is -0.376 e. The van der Waals surface area contributed by atoms with Crippen molar-refractivity contribution < 1.29 is 28.1 Å². The van der Waals surface area contributed by atoms with E-state index >= 15 is 0 Å². The molecule has 0 saturated carbocycles. The molecule has 0 aliphatic carbocycles. The van der Waals surface area contributed by atoms with Gasteiger partial charge in [-0.1, -0.05) is 18.2 Å². The van der Waals surface area contributed by atoms with Crippen LogP contribution < -0.4 is 10.2 Å². The van der Waals surface area contributed by atoms with Crippen molar-refractivity contribution in [2.75, 3.05) is 39.3 Å². The second-order valence-corrected chi connectivity index (χ2v) is 9.07. The van der Waals surface area contributed by atoms with Gasteiger partial charge in [-0.25, -0.2) is 0 Å².